The molecule has 2 rings (SSSR count). The Hall–Kier alpha value is -1.43. The number of rotatable bonds is 5. The van der Waals surface area contributed by atoms with Crippen LogP contribution < -0.4 is 5.73 Å². The van der Waals surface area contributed by atoms with Gasteiger partial charge in [0.25, 0.3) is 0 Å². The molecule has 0 aromatic heterocycles. The van der Waals surface area contributed by atoms with Gasteiger partial charge in [0.1, 0.15) is 0 Å². The predicted molar refractivity (Wildman–Crippen MR) is 88.6 cm³/mol. The third-order valence-corrected chi connectivity index (χ3v) is 4.71. The maximum absolute atomic E-state index is 9.06. The minimum absolute atomic E-state index is 0.0536. The third kappa shape index (κ3) is 3.17. The van der Waals surface area contributed by atoms with Crippen LogP contribution in [0.2, 0.25) is 0 Å². The molecule has 1 heterocycles. The Morgan fingerprint density at radius 1 is 1.30 bits per heavy atom. The van der Waals surface area contributed by atoms with Gasteiger partial charge in [-0.3, -0.25) is 4.99 Å². The Morgan fingerprint density at radius 3 is 2.80 bits per heavy atom. The fraction of sp³-hybridized carbons (Fsp3) is 0.333. The van der Waals surface area contributed by atoms with Gasteiger partial charge >= 0.3 is 0 Å². The SMILES string of the molecule is C=S1CC(c2cccc(CCO)c2N)=CC1=NCCO. The summed E-state index contributed by atoms with van der Waals surface area (Å²) in [5.41, 5.74) is 10.0. The van der Waals surface area contributed by atoms with Crippen molar-refractivity contribution in [1.29, 1.82) is 0 Å². The van der Waals surface area contributed by atoms with E-state index in [1.165, 1.54) is 0 Å². The zero-order chi connectivity index (χ0) is 14.5. The van der Waals surface area contributed by atoms with Crippen LogP contribution in [0.3, 0.4) is 0 Å². The second kappa shape index (κ2) is 6.83. The number of nitrogen functional groups attached to an aromatic ring is 1. The van der Waals surface area contributed by atoms with E-state index in [2.05, 4.69) is 10.9 Å². The van der Waals surface area contributed by atoms with Gasteiger partial charge in [-0.15, -0.1) is 10.5 Å². The van der Waals surface area contributed by atoms with Gasteiger partial charge in [0.05, 0.1) is 18.2 Å². The van der Waals surface area contributed by atoms with Crippen LogP contribution in [0.1, 0.15) is 11.1 Å². The van der Waals surface area contributed by atoms with Crippen molar-refractivity contribution in [3.8, 4) is 0 Å². The maximum Gasteiger partial charge on any atom is 0.0852 e. The summed E-state index contributed by atoms with van der Waals surface area (Å²) in [6, 6.07) is 5.89. The van der Waals surface area contributed by atoms with Gasteiger partial charge in [-0.2, -0.15) is 0 Å². The molecule has 0 fully saturated rings. The molecule has 0 saturated heterocycles. The van der Waals surface area contributed by atoms with Gasteiger partial charge in [-0.1, -0.05) is 24.1 Å². The molecular formula is C15H20N2O2S. The zero-order valence-corrected chi connectivity index (χ0v) is 12.2. The lowest BCUT2D eigenvalue weighted by Crippen LogP contribution is -2.01. The summed E-state index contributed by atoms with van der Waals surface area (Å²) in [5, 5.41) is 18.9. The van der Waals surface area contributed by atoms with E-state index < -0.39 is 0 Å². The normalized spacial score (nSPS) is 20.4. The summed E-state index contributed by atoms with van der Waals surface area (Å²) in [6.45, 7) is 0.561. The van der Waals surface area contributed by atoms with E-state index in [9.17, 15) is 0 Å². The van der Waals surface area contributed by atoms with Crippen molar-refractivity contribution < 1.29 is 10.2 Å². The summed E-state index contributed by atoms with van der Waals surface area (Å²) < 4.78 is 0. The number of para-hydroxylation sites is 1. The number of hydrogen-bond donors (Lipinski definition) is 3. The average molecular weight is 292 g/mol. The highest BCUT2D eigenvalue weighted by molar-refractivity contribution is 8.28. The van der Waals surface area contributed by atoms with E-state index in [1.807, 2.05) is 24.3 Å². The Bertz CT molecular complexity index is 579. The maximum atomic E-state index is 9.06. The molecule has 4 N–H and O–H groups in total. The highest BCUT2D eigenvalue weighted by Crippen LogP contribution is 2.35. The Labute approximate surface area is 121 Å². The van der Waals surface area contributed by atoms with Gasteiger partial charge in [0.15, 0.2) is 0 Å². The first kappa shape index (κ1) is 15.0. The average Bonchev–Trinajstić information content (AvgIpc) is 2.80. The molecule has 0 spiro atoms. The van der Waals surface area contributed by atoms with Gasteiger partial charge in [-0.05, 0) is 23.6 Å². The van der Waals surface area contributed by atoms with E-state index in [-0.39, 0.29) is 23.7 Å². The summed E-state index contributed by atoms with van der Waals surface area (Å²) in [4.78, 5) is 4.35. The molecule has 1 aromatic carbocycles. The molecule has 0 radical (unpaired) electrons. The molecule has 5 heteroatoms. The fourth-order valence-corrected chi connectivity index (χ4v) is 3.56. The van der Waals surface area contributed by atoms with Crippen molar-refractivity contribution in [2.45, 2.75) is 6.42 Å². The molecule has 108 valence electrons. The Balaban J connectivity index is 2.33. The zero-order valence-electron chi connectivity index (χ0n) is 11.4. The second-order valence-corrected chi connectivity index (χ2v) is 6.29. The Kier molecular flexibility index (Phi) is 5.11. The number of anilines is 1. The molecule has 0 saturated carbocycles. The lowest BCUT2D eigenvalue weighted by Gasteiger charge is -2.10. The number of benzene rings is 1. The standard InChI is InChI=1S/C15H20N2O2S/c1-20-10-12(9-14(20)17-6-8-19)13-4-2-3-11(5-7-18)15(13)16/h2-4,9,18-19H,1,5-8,10,16H2. The highest BCUT2D eigenvalue weighted by atomic mass is 32.2. The monoisotopic (exact) mass is 292 g/mol. The number of hydrogen-bond acceptors (Lipinski definition) is 4. The Morgan fingerprint density at radius 2 is 2.10 bits per heavy atom. The molecule has 1 aliphatic heterocycles. The van der Waals surface area contributed by atoms with E-state index in [1.54, 1.807) is 0 Å². The van der Waals surface area contributed by atoms with Crippen molar-refractivity contribution in [3.63, 3.8) is 0 Å². The van der Waals surface area contributed by atoms with Crippen LogP contribution in [0.5, 0.6) is 0 Å². The van der Waals surface area contributed by atoms with Crippen molar-refractivity contribution in [2.75, 3.05) is 31.2 Å². The second-order valence-electron chi connectivity index (χ2n) is 4.60. The number of aliphatic hydroxyl groups excluding tert-OH is 2. The first-order valence-electron chi connectivity index (χ1n) is 6.52. The van der Waals surface area contributed by atoms with E-state index in [0.29, 0.717) is 13.0 Å². The summed E-state index contributed by atoms with van der Waals surface area (Å²) >= 11 is 0. The van der Waals surface area contributed by atoms with Crippen molar-refractivity contribution in [2.24, 2.45) is 4.99 Å². The third-order valence-electron chi connectivity index (χ3n) is 3.21. The first-order valence-corrected chi connectivity index (χ1v) is 8.08. The molecule has 1 aromatic rings. The van der Waals surface area contributed by atoms with Crippen molar-refractivity contribution in [3.05, 3.63) is 35.4 Å². The van der Waals surface area contributed by atoms with Crippen molar-refractivity contribution >= 4 is 32.7 Å². The van der Waals surface area contributed by atoms with E-state index in [4.69, 9.17) is 15.9 Å². The molecular weight excluding hydrogens is 272 g/mol. The highest BCUT2D eigenvalue weighted by Gasteiger charge is 2.18. The molecule has 1 aliphatic rings. The van der Waals surface area contributed by atoms with Crippen molar-refractivity contribution in [1.82, 2.24) is 0 Å². The first-order chi connectivity index (χ1) is 9.67. The molecule has 1 atom stereocenters. The van der Waals surface area contributed by atoms with Crippen LogP contribution in [-0.2, 0) is 6.42 Å². The molecule has 4 nitrogen and oxygen atoms in total. The largest absolute Gasteiger partial charge is 0.398 e. The number of nitrogens with two attached hydrogens (primary N) is 1. The minimum atomic E-state index is -0.170. The quantitative estimate of drug-likeness (QED) is 0.565. The summed E-state index contributed by atoms with van der Waals surface area (Å²) in [7, 11) is -0.170. The van der Waals surface area contributed by atoms with Gasteiger partial charge in [-0.25, -0.2) is 0 Å². The predicted octanol–water partition coefficient (Wildman–Crippen LogP) is 1.29. The number of aliphatic imine (C=N–C) groups is 1. The molecule has 0 aliphatic carbocycles. The van der Waals surface area contributed by atoms with E-state index in [0.717, 1.165) is 33.2 Å². The van der Waals surface area contributed by atoms with Gasteiger partial charge < -0.3 is 15.9 Å². The van der Waals surface area contributed by atoms with Crippen LogP contribution in [-0.4, -0.2) is 46.6 Å². The number of aliphatic hydroxyl groups is 2. The molecule has 0 amide bonds. The molecule has 0 bridgehead atoms. The lowest BCUT2D eigenvalue weighted by molar-refractivity contribution is 0.300. The summed E-state index contributed by atoms with van der Waals surface area (Å²) in [6.07, 6.45) is 2.59. The van der Waals surface area contributed by atoms with E-state index >= 15 is 0 Å². The topological polar surface area (TPSA) is 78.8 Å². The smallest absolute Gasteiger partial charge is 0.0852 e. The van der Waals surface area contributed by atoms with Crippen LogP contribution >= 0.6 is 10.5 Å². The fourth-order valence-electron chi connectivity index (χ4n) is 2.22. The molecule has 1 unspecified atom stereocenters. The summed E-state index contributed by atoms with van der Waals surface area (Å²) in [5.74, 6) is 4.95. The molecule has 20 heavy (non-hydrogen) atoms. The van der Waals surface area contributed by atoms with Crippen LogP contribution in [0.15, 0.2) is 29.3 Å². The number of nitrogens with zero attached hydrogens (tertiary/aromatic N) is 1. The lowest BCUT2D eigenvalue weighted by atomic mass is 10.00. The van der Waals surface area contributed by atoms with Gasteiger partial charge in [0, 0.05) is 23.6 Å². The van der Waals surface area contributed by atoms with Crippen LogP contribution in [0.25, 0.3) is 5.57 Å². The minimum Gasteiger partial charge on any atom is -0.398 e. The van der Waals surface area contributed by atoms with Crippen LogP contribution in [0, 0.1) is 0 Å². The van der Waals surface area contributed by atoms with Crippen LogP contribution in [0.4, 0.5) is 5.69 Å². The van der Waals surface area contributed by atoms with Gasteiger partial charge in [0.2, 0.25) is 0 Å².